The molecular formula is C11H14BrFN2O2S. The zero-order valence-electron chi connectivity index (χ0n) is 9.57. The molecule has 0 saturated heterocycles. The molecule has 0 spiro atoms. The average Bonchev–Trinajstić information content (AvgIpc) is 3.13. The van der Waals surface area contributed by atoms with E-state index in [-0.39, 0.29) is 22.0 Å². The Bertz CT molecular complexity index is 546. The van der Waals surface area contributed by atoms with Gasteiger partial charge in [-0.05, 0) is 52.9 Å². The fourth-order valence-electron chi connectivity index (χ4n) is 1.75. The van der Waals surface area contributed by atoms with E-state index in [1.54, 1.807) is 0 Å². The lowest BCUT2D eigenvalue weighted by atomic mass is 10.2. The molecule has 1 aromatic rings. The Morgan fingerprint density at radius 3 is 2.67 bits per heavy atom. The van der Waals surface area contributed by atoms with Crippen LogP contribution in [0, 0.1) is 11.7 Å². The van der Waals surface area contributed by atoms with E-state index in [2.05, 4.69) is 20.7 Å². The SMILES string of the molecule is NCC(NS(=O)(=O)c1ccc(F)c(Br)c1)C1CC1. The van der Waals surface area contributed by atoms with Gasteiger partial charge in [-0.1, -0.05) is 0 Å². The van der Waals surface area contributed by atoms with Crippen molar-refractivity contribution in [2.24, 2.45) is 11.7 Å². The van der Waals surface area contributed by atoms with Gasteiger partial charge in [0.2, 0.25) is 10.0 Å². The minimum absolute atomic E-state index is 0.0369. The van der Waals surface area contributed by atoms with Crippen molar-refractivity contribution in [2.75, 3.05) is 6.54 Å². The van der Waals surface area contributed by atoms with Crippen LogP contribution >= 0.6 is 15.9 Å². The van der Waals surface area contributed by atoms with Gasteiger partial charge in [0, 0.05) is 12.6 Å². The third kappa shape index (κ3) is 3.09. The molecule has 0 radical (unpaired) electrons. The highest BCUT2D eigenvalue weighted by atomic mass is 79.9. The summed E-state index contributed by atoms with van der Waals surface area (Å²) >= 11 is 2.97. The second-order valence-electron chi connectivity index (χ2n) is 4.38. The highest BCUT2D eigenvalue weighted by Crippen LogP contribution is 2.33. The van der Waals surface area contributed by atoms with Gasteiger partial charge in [0.05, 0.1) is 9.37 Å². The molecule has 1 fully saturated rings. The molecule has 1 unspecified atom stereocenters. The highest BCUT2D eigenvalue weighted by molar-refractivity contribution is 9.10. The molecular weight excluding hydrogens is 323 g/mol. The predicted molar refractivity (Wildman–Crippen MR) is 70.0 cm³/mol. The van der Waals surface area contributed by atoms with Crippen LogP contribution in [0.4, 0.5) is 4.39 Å². The standard InChI is InChI=1S/C11H14BrFN2O2S/c12-9-5-8(3-4-10(9)13)18(16,17)15-11(6-14)7-1-2-7/h3-5,7,11,15H,1-2,6,14H2. The van der Waals surface area contributed by atoms with Gasteiger partial charge in [-0.15, -0.1) is 0 Å². The van der Waals surface area contributed by atoms with Crippen LogP contribution in [-0.2, 0) is 10.0 Å². The zero-order valence-corrected chi connectivity index (χ0v) is 12.0. The van der Waals surface area contributed by atoms with E-state index in [9.17, 15) is 12.8 Å². The summed E-state index contributed by atoms with van der Waals surface area (Å²) < 4.78 is 39.9. The minimum Gasteiger partial charge on any atom is -0.329 e. The summed E-state index contributed by atoms with van der Waals surface area (Å²) in [6.07, 6.45) is 2.00. The summed E-state index contributed by atoms with van der Waals surface area (Å²) in [5.74, 6) is -0.166. The summed E-state index contributed by atoms with van der Waals surface area (Å²) in [5, 5.41) is 0. The first-order valence-electron chi connectivity index (χ1n) is 5.61. The molecule has 0 amide bonds. The third-order valence-corrected chi connectivity index (χ3v) is 5.05. The lowest BCUT2D eigenvalue weighted by Gasteiger charge is -2.16. The molecule has 0 aliphatic heterocycles. The Morgan fingerprint density at radius 2 is 2.17 bits per heavy atom. The van der Waals surface area contributed by atoms with Crippen LogP contribution in [0.1, 0.15) is 12.8 Å². The molecule has 4 nitrogen and oxygen atoms in total. The minimum atomic E-state index is -3.64. The van der Waals surface area contributed by atoms with Crippen LogP contribution in [-0.4, -0.2) is 21.0 Å². The quantitative estimate of drug-likeness (QED) is 0.857. The molecule has 1 atom stereocenters. The highest BCUT2D eigenvalue weighted by Gasteiger charge is 2.33. The molecule has 2 rings (SSSR count). The van der Waals surface area contributed by atoms with Crippen LogP contribution in [0.3, 0.4) is 0 Å². The van der Waals surface area contributed by atoms with Crippen molar-refractivity contribution in [2.45, 2.75) is 23.8 Å². The molecule has 1 aromatic carbocycles. The molecule has 0 heterocycles. The van der Waals surface area contributed by atoms with Crippen LogP contribution in [0.15, 0.2) is 27.6 Å². The molecule has 1 aliphatic carbocycles. The second kappa shape index (κ2) is 5.24. The van der Waals surface area contributed by atoms with Crippen LogP contribution in [0.2, 0.25) is 0 Å². The van der Waals surface area contributed by atoms with Crippen LogP contribution < -0.4 is 10.5 Å². The Balaban J connectivity index is 2.21. The van der Waals surface area contributed by atoms with Crippen molar-refractivity contribution in [3.8, 4) is 0 Å². The Kier molecular flexibility index (Phi) is 4.05. The predicted octanol–water partition coefficient (Wildman–Crippen LogP) is 1.60. The fraction of sp³-hybridized carbons (Fsp3) is 0.455. The second-order valence-corrected chi connectivity index (χ2v) is 6.95. The number of rotatable bonds is 5. The average molecular weight is 337 g/mol. The summed E-state index contributed by atoms with van der Waals surface area (Å²) in [7, 11) is -3.64. The Morgan fingerprint density at radius 1 is 1.50 bits per heavy atom. The third-order valence-electron chi connectivity index (χ3n) is 2.95. The molecule has 0 aromatic heterocycles. The summed E-state index contributed by atoms with van der Waals surface area (Å²) in [4.78, 5) is 0.0369. The largest absolute Gasteiger partial charge is 0.329 e. The molecule has 7 heteroatoms. The van der Waals surface area contributed by atoms with E-state index >= 15 is 0 Å². The van der Waals surface area contributed by atoms with Gasteiger partial charge in [-0.25, -0.2) is 17.5 Å². The lowest BCUT2D eigenvalue weighted by Crippen LogP contribution is -2.41. The first kappa shape index (κ1) is 13.9. The fourth-order valence-corrected chi connectivity index (χ4v) is 3.62. The smallest absolute Gasteiger partial charge is 0.240 e. The summed E-state index contributed by atoms with van der Waals surface area (Å²) in [5.41, 5.74) is 5.56. The number of halogens is 2. The Labute approximate surface area is 114 Å². The van der Waals surface area contributed by atoms with Crippen LogP contribution in [0.25, 0.3) is 0 Å². The Hall–Kier alpha value is -0.500. The lowest BCUT2D eigenvalue weighted by molar-refractivity contribution is 0.519. The maximum atomic E-state index is 13.1. The molecule has 3 N–H and O–H groups in total. The van der Waals surface area contributed by atoms with Crippen molar-refractivity contribution in [1.29, 1.82) is 0 Å². The molecule has 100 valence electrons. The number of sulfonamides is 1. The van der Waals surface area contributed by atoms with E-state index < -0.39 is 15.8 Å². The van der Waals surface area contributed by atoms with Gasteiger partial charge in [-0.3, -0.25) is 0 Å². The normalized spacial score (nSPS) is 17.7. The first-order valence-corrected chi connectivity index (χ1v) is 7.89. The summed E-state index contributed by atoms with van der Waals surface area (Å²) in [6.45, 7) is 0.270. The summed E-state index contributed by atoms with van der Waals surface area (Å²) in [6, 6.07) is 3.37. The first-order chi connectivity index (χ1) is 8.44. The molecule has 18 heavy (non-hydrogen) atoms. The van der Waals surface area contributed by atoms with E-state index in [1.807, 2.05) is 0 Å². The van der Waals surface area contributed by atoms with Crippen molar-refractivity contribution >= 4 is 26.0 Å². The molecule has 1 aliphatic rings. The number of hydrogen-bond acceptors (Lipinski definition) is 3. The van der Waals surface area contributed by atoms with Gasteiger partial charge in [0.1, 0.15) is 5.82 Å². The number of benzene rings is 1. The van der Waals surface area contributed by atoms with E-state index in [0.717, 1.165) is 18.9 Å². The molecule has 1 saturated carbocycles. The van der Waals surface area contributed by atoms with Crippen molar-refractivity contribution in [1.82, 2.24) is 4.72 Å². The number of nitrogens with one attached hydrogen (secondary N) is 1. The van der Waals surface area contributed by atoms with Gasteiger partial charge in [0.15, 0.2) is 0 Å². The van der Waals surface area contributed by atoms with Crippen molar-refractivity contribution in [3.05, 3.63) is 28.5 Å². The topological polar surface area (TPSA) is 72.2 Å². The maximum Gasteiger partial charge on any atom is 0.240 e. The van der Waals surface area contributed by atoms with Crippen molar-refractivity contribution < 1.29 is 12.8 Å². The van der Waals surface area contributed by atoms with E-state index in [4.69, 9.17) is 5.73 Å². The molecule has 0 bridgehead atoms. The van der Waals surface area contributed by atoms with E-state index in [1.165, 1.54) is 12.1 Å². The monoisotopic (exact) mass is 336 g/mol. The van der Waals surface area contributed by atoms with E-state index in [0.29, 0.717) is 5.92 Å². The maximum absolute atomic E-state index is 13.1. The number of nitrogens with two attached hydrogens (primary N) is 1. The van der Waals surface area contributed by atoms with Gasteiger partial charge in [0.25, 0.3) is 0 Å². The number of hydrogen-bond donors (Lipinski definition) is 2. The van der Waals surface area contributed by atoms with Crippen molar-refractivity contribution in [3.63, 3.8) is 0 Å². The zero-order chi connectivity index (χ0) is 13.3. The van der Waals surface area contributed by atoms with Crippen LogP contribution in [0.5, 0.6) is 0 Å². The van der Waals surface area contributed by atoms with Gasteiger partial charge < -0.3 is 5.73 Å². The van der Waals surface area contributed by atoms with Gasteiger partial charge >= 0.3 is 0 Å². The van der Waals surface area contributed by atoms with Gasteiger partial charge in [-0.2, -0.15) is 0 Å².